The zero-order valence-electron chi connectivity index (χ0n) is 14.9. The van der Waals surface area contributed by atoms with Crippen molar-refractivity contribution in [3.8, 4) is 0 Å². The van der Waals surface area contributed by atoms with Gasteiger partial charge in [0.2, 0.25) is 5.60 Å². The molecule has 0 unspecified atom stereocenters. The van der Waals surface area contributed by atoms with Crippen molar-refractivity contribution in [2.75, 3.05) is 11.4 Å². The Bertz CT molecular complexity index is 863. The molecule has 1 aromatic heterocycles. The highest BCUT2D eigenvalue weighted by Crippen LogP contribution is 2.29. The molecule has 7 nitrogen and oxygen atoms in total. The lowest BCUT2D eigenvalue weighted by molar-refractivity contribution is -0.149. The zero-order valence-corrected chi connectivity index (χ0v) is 14.9. The summed E-state index contributed by atoms with van der Waals surface area (Å²) in [7, 11) is 0. The van der Waals surface area contributed by atoms with Crippen LogP contribution in [0.5, 0.6) is 0 Å². The predicted octanol–water partition coefficient (Wildman–Crippen LogP) is 1.53. The number of carbonyl (C=O) groups excluding carboxylic acids is 2. The van der Waals surface area contributed by atoms with Crippen LogP contribution in [-0.2, 0) is 16.1 Å². The minimum Gasteiger partial charge on any atom is -0.372 e. The Morgan fingerprint density at radius 1 is 1.33 bits per heavy atom. The van der Waals surface area contributed by atoms with E-state index in [1.165, 1.54) is 11.1 Å². The zero-order chi connectivity index (χ0) is 19.8. The van der Waals surface area contributed by atoms with Crippen molar-refractivity contribution in [1.29, 1.82) is 0 Å². The summed E-state index contributed by atoms with van der Waals surface area (Å²) in [5.41, 5.74) is -1.55. The van der Waals surface area contributed by atoms with E-state index in [2.05, 4.69) is 10.4 Å². The summed E-state index contributed by atoms with van der Waals surface area (Å²) >= 11 is 0. The van der Waals surface area contributed by atoms with E-state index in [1.54, 1.807) is 10.9 Å². The van der Waals surface area contributed by atoms with Gasteiger partial charge >= 0.3 is 0 Å². The van der Waals surface area contributed by atoms with Gasteiger partial charge in [0, 0.05) is 37.8 Å². The van der Waals surface area contributed by atoms with Crippen LogP contribution < -0.4 is 10.2 Å². The summed E-state index contributed by atoms with van der Waals surface area (Å²) in [5, 5.41) is 17.1. The molecule has 0 spiro atoms. The lowest BCUT2D eigenvalue weighted by Gasteiger charge is -2.21. The summed E-state index contributed by atoms with van der Waals surface area (Å²) < 4.78 is 28.1. The minimum absolute atomic E-state index is 0.0952. The van der Waals surface area contributed by atoms with Crippen molar-refractivity contribution < 1.29 is 23.5 Å². The number of amides is 2. The molecular formula is C18H20F2N4O3. The number of hydrogen-bond donors (Lipinski definition) is 2. The molecule has 144 valence electrons. The van der Waals surface area contributed by atoms with Crippen LogP contribution in [0.1, 0.15) is 31.9 Å². The van der Waals surface area contributed by atoms with Crippen LogP contribution in [0.2, 0.25) is 0 Å². The number of anilines is 1. The molecule has 1 atom stereocenters. The third kappa shape index (κ3) is 3.68. The largest absolute Gasteiger partial charge is 0.372 e. The molecule has 1 aliphatic heterocycles. The Kier molecular flexibility index (Phi) is 4.97. The molecule has 1 aromatic carbocycles. The maximum absolute atomic E-state index is 13.2. The molecule has 0 saturated carbocycles. The molecule has 3 rings (SSSR count). The Morgan fingerprint density at radius 2 is 2.00 bits per heavy atom. The van der Waals surface area contributed by atoms with E-state index >= 15 is 0 Å². The second kappa shape index (κ2) is 7.07. The first kappa shape index (κ1) is 19.0. The molecule has 0 aliphatic carbocycles. The number of aromatic nitrogens is 2. The first-order valence-corrected chi connectivity index (χ1v) is 8.52. The van der Waals surface area contributed by atoms with Crippen LogP contribution in [0.4, 0.5) is 14.5 Å². The molecule has 0 radical (unpaired) electrons. The third-order valence-electron chi connectivity index (χ3n) is 4.48. The van der Waals surface area contributed by atoms with E-state index in [0.717, 1.165) is 12.1 Å². The summed E-state index contributed by atoms with van der Waals surface area (Å²) in [6, 6.07) is 2.95. The number of aliphatic hydroxyl groups is 1. The van der Waals surface area contributed by atoms with Crippen LogP contribution in [0.25, 0.3) is 0 Å². The fourth-order valence-electron chi connectivity index (χ4n) is 2.95. The molecule has 1 saturated heterocycles. The highest BCUT2D eigenvalue weighted by molar-refractivity contribution is 6.16. The molecule has 1 fully saturated rings. The van der Waals surface area contributed by atoms with Gasteiger partial charge in [0.1, 0.15) is 11.6 Å². The maximum atomic E-state index is 13.2. The van der Waals surface area contributed by atoms with Gasteiger partial charge in [-0.05, 0) is 31.5 Å². The summed E-state index contributed by atoms with van der Waals surface area (Å²) in [4.78, 5) is 26.3. The van der Waals surface area contributed by atoms with Crippen molar-refractivity contribution in [3.63, 3.8) is 0 Å². The second-order valence-electron chi connectivity index (χ2n) is 6.80. The van der Waals surface area contributed by atoms with Crippen LogP contribution in [0.3, 0.4) is 0 Å². The number of carbonyl (C=O) groups is 2. The van der Waals surface area contributed by atoms with Crippen molar-refractivity contribution in [2.24, 2.45) is 0 Å². The predicted molar refractivity (Wildman–Crippen MR) is 92.7 cm³/mol. The van der Waals surface area contributed by atoms with E-state index in [1.807, 2.05) is 13.8 Å². The van der Waals surface area contributed by atoms with E-state index in [-0.39, 0.29) is 31.1 Å². The first-order valence-electron chi connectivity index (χ1n) is 8.52. The Hall–Kier alpha value is -2.81. The summed E-state index contributed by atoms with van der Waals surface area (Å²) in [5.74, 6) is -3.21. The number of rotatable bonds is 5. The monoisotopic (exact) mass is 378 g/mol. The lowest BCUT2D eigenvalue weighted by Crippen LogP contribution is -2.52. The van der Waals surface area contributed by atoms with E-state index in [0.29, 0.717) is 11.8 Å². The van der Waals surface area contributed by atoms with Crippen LogP contribution in [-0.4, -0.2) is 38.8 Å². The van der Waals surface area contributed by atoms with Crippen molar-refractivity contribution in [3.05, 3.63) is 47.8 Å². The minimum atomic E-state index is -2.23. The first-order chi connectivity index (χ1) is 12.7. The molecule has 0 bridgehead atoms. The van der Waals surface area contributed by atoms with Gasteiger partial charge in [-0.1, -0.05) is 0 Å². The van der Waals surface area contributed by atoms with Gasteiger partial charge in [0.15, 0.2) is 0 Å². The van der Waals surface area contributed by atoms with E-state index < -0.39 is 29.0 Å². The average Bonchev–Trinajstić information content (AvgIpc) is 3.18. The second-order valence-corrected chi connectivity index (χ2v) is 6.80. The van der Waals surface area contributed by atoms with E-state index in [4.69, 9.17) is 0 Å². The third-order valence-corrected chi connectivity index (χ3v) is 4.48. The van der Waals surface area contributed by atoms with E-state index in [9.17, 15) is 23.5 Å². The van der Waals surface area contributed by atoms with Crippen molar-refractivity contribution in [1.82, 2.24) is 15.1 Å². The van der Waals surface area contributed by atoms with Crippen LogP contribution >= 0.6 is 0 Å². The topological polar surface area (TPSA) is 87.5 Å². The average molecular weight is 378 g/mol. The fraction of sp³-hybridized carbons (Fsp3) is 0.389. The van der Waals surface area contributed by atoms with Crippen molar-refractivity contribution in [2.45, 2.75) is 38.5 Å². The number of nitrogens with one attached hydrogen (secondary N) is 1. The number of halogens is 2. The van der Waals surface area contributed by atoms with Gasteiger partial charge in [-0.3, -0.25) is 14.3 Å². The molecule has 2 N–H and O–H groups in total. The Morgan fingerprint density at radius 3 is 2.59 bits per heavy atom. The lowest BCUT2D eigenvalue weighted by atomic mass is 10.0. The number of hydrogen-bond acceptors (Lipinski definition) is 4. The number of benzene rings is 1. The molecule has 27 heavy (non-hydrogen) atoms. The molecule has 2 amide bonds. The van der Waals surface area contributed by atoms with Crippen LogP contribution in [0, 0.1) is 11.6 Å². The molecular weight excluding hydrogens is 358 g/mol. The highest BCUT2D eigenvalue weighted by Gasteiger charge is 2.51. The maximum Gasteiger partial charge on any atom is 0.268 e. The summed E-state index contributed by atoms with van der Waals surface area (Å²) in [6.45, 7) is 3.80. The normalized spacial score (nSPS) is 19.8. The molecule has 9 heteroatoms. The van der Waals surface area contributed by atoms with Gasteiger partial charge in [0.05, 0.1) is 11.9 Å². The van der Waals surface area contributed by atoms with Gasteiger partial charge in [-0.15, -0.1) is 0 Å². The van der Waals surface area contributed by atoms with Gasteiger partial charge in [-0.25, -0.2) is 8.78 Å². The molecule has 1 aliphatic rings. The Labute approximate surface area is 154 Å². The smallest absolute Gasteiger partial charge is 0.268 e. The SMILES string of the molecule is CC(C)n1cc(N2CC[C@@](O)(C(=O)NCc3cc(F)cc(F)c3)C2=O)cn1. The summed E-state index contributed by atoms with van der Waals surface area (Å²) in [6.07, 6.45) is 3.07. The van der Waals surface area contributed by atoms with Gasteiger partial charge in [-0.2, -0.15) is 5.10 Å². The van der Waals surface area contributed by atoms with Crippen molar-refractivity contribution >= 4 is 17.5 Å². The highest BCUT2D eigenvalue weighted by atomic mass is 19.1. The molecule has 2 heterocycles. The molecule has 2 aromatic rings. The number of nitrogens with zero attached hydrogens (tertiary/aromatic N) is 3. The van der Waals surface area contributed by atoms with Gasteiger partial charge < -0.3 is 15.3 Å². The standard InChI is InChI=1S/C18H20F2N4O3/c1-11(2)24-10-15(9-22-24)23-4-3-18(27,17(23)26)16(25)21-8-12-5-13(19)7-14(20)6-12/h5-7,9-11,27H,3-4,8H2,1-2H3,(H,21,25)/t18-/m1/s1. The van der Waals surface area contributed by atoms with Crippen LogP contribution in [0.15, 0.2) is 30.6 Å². The quantitative estimate of drug-likeness (QED) is 0.773. The Balaban J connectivity index is 1.70. The van der Waals surface area contributed by atoms with Gasteiger partial charge in [0.25, 0.3) is 11.8 Å². The fourth-order valence-corrected chi connectivity index (χ4v) is 2.95.